The fourth-order valence-electron chi connectivity index (χ4n) is 3.61. The topological polar surface area (TPSA) is 74.2 Å². The number of halogens is 4. The zero-order valence-corrected chi connectivity index (χ0v) is 16.8. The quantitative estimate of drug-likeness (QED) is 0.727. The van der Waals surface area contributed by atoms with Gasteiger partial charge >= 0.3 is 6.03 Å². The third-order valence-corrected chi connectivity index (χ3v) is 5.19. The highest BCUT2D eigenvalue weighted by Gasteiger charge is 2.39. The van der Waals surface area contributed by atoms with Gasteiger partial charge in [-0.15, -0.1) is 0 Å². The fourth-order valence-corrected chi connectivity index (χ4v) is 3.61. The van der Waals surface area contributed by atoms with Crippen molar-refractivity contribution in [2.45, 2.75) is 18.6 Å². The first kappa shape index (κ1) is 21.6. The maximum atomic E-state index is 14.1. The first-order valence-corrected chi connectivity index (χ1v) is 9.71. The van der Waals surface area contributed by atoms with Crippen LogP contribution in [0.3, 0.4) is 0 Å². The van der Waals surface area contributed by atoms with Crippen LogP contribution in [0.2, 0.25) is 0 Å². The van der Waals surface area contributed by atoms with E-state index < -0.39 is 52.9 Å². The van der Waals surface area contributed by atoms with Crippen LogP contribution in [0.5, 0.6) is 5.75 Å². The maximum absolute atomic E-state index is 14.1. The average molecular weight is 450 g/mol. The van der Waals surface area contributed by atoms with Gasteiger partial charge in [0.05, 0.1) is 19.1 Å². The Morgan fingerprint density at radius 1 is 1.03 bits per heavy atom. The Morgan fingerprint density at radius 2 is 1.66 bits per heavy atom. The van der Waals surface area contributed by atoms with Gasteiger partial charge in [-0.1, -0.05) is 0 Å². The molecule has 0 radical (unpaired) electrons. The molecule has 0 aromatic heterocycles. The minimum absolute atomic E-state index is 0.114. The maximum Gasteiger partial charge on any atom is 0.341 e. The summed E-state index contributed by atoms with van der Waals surface area (Å²) in [7, 11) is 1.26. The van der Waals surface area contributed by atoms with E-state index in [-0.39, 0.29) is 24.4 Å². The number of hydrazone groups is 1. The van der Waals surface area contributed by atoms with Gasteiger partial charge < -0.3 is 15.0 Å². The van der Waals surface area contributed by atoms with Gasteiger partial charge in [0.2, 0.25) is 0 Å². The molecule has 11 heteroatoms. The first-order chi connectivity index (χ1) is 15.3. The van der Waals surface area contributed by atoms with Crippen LogP contribution < -0.4 is 10.1 Å². The van der Waals surface area contributed by atoms with Crippen LogP contribution >= 0.6 is 0 Å². The Hall–Kier alpha value is -3.63. The summed E-state index contributed by atoms with van der Waals surface area (Å²) in [5.41, 5.74) is -0.430. The lowest BCUT2D eigenvalue weighted by Gasteiger charge is -2.41. The summed E-state index contributed by atoms with van der Waals surface area (Å²) in [5.74, 6) is -4.65. The summed E-state index contributed by atoms with van der Waals surface area (Å²) in [6.07, 6.45) is 1.26. The van der Waals surface area contributed by atoms with Crippen LogP contribution in [0.4, 0.5) is 22.4 Å². The standard InChI is InChI=1S/C21H18F4N4O3/c1-26-20(30)19-16(24)7-14(8-17(19)25)32-15-9-28(10-15)21(31)29-18(2-3-27-29)11-4-12(22)6-13(23)5-11/h3-8,15,18H,2,9-10H2,1H3,(H,26,30). The number of benzene rings is 2. The smallest absolute Gasteiger partial charge is 0.341 e. The number of rotatable bonds is 4. The molecule has 2 aliphatic rings. The number of hydrogen-bond acceptors (Lipinski definition) is 4. The number of amides is 3. The van der Waals surface area contributed by atoms with E-state index in [9.17, 15) is 27.2 Å². The summed E-state index contributed by atoms with van der Waals surface area (Å²) < 4.78 is 60.8. The van der Waals surface area contributed by atoms with E-state index >= 15 is 0 Å². The second kappa shape index (κ2) is 8.48. The van der Waals surface area contributed by atoms with Crippen LogP contribution in [-0.2, 0) is 0 Å². The Kier molecular flexibility index (Phi) is 5.72. The highest BCUT2D eigenvalue weighted by molar-refractivity contribution is 5.94. The zero-order valence-electron chi connectivity index (χ0n) is 16.8. The molecule has 0 saturated carbocycles. The van der Waals surface area contributed by atoms with Crippen LogP contribution in [0.25, 0.3) is 0 Å². The minimum atomic E-state index is -1.07. The number of nitrogens with one attached hydrogen (secondary N) is 1. The molecule has 3 amide bonds. The average Bonchev–Trinajstić information content (AvgIpc) is 3.18. The van der Waals surface area contributed by atoms with Crippen molar-refractivity contribution in [3.8, 4) is 5.75 Å². The van der Waals surface area contributed by atoms with Crippen LogP contribution in [-0.4, -0.2) is 54.3 Å². The van der Waals surface area contributed by atoms with Gasteiger partial charge in [-0.25, -0.2) is 27.4 Å². The summed E-state index contributed by atoms with van der Waals surface area (Å²) in [5, 5.41) is 7.31. The van der Waals surface area contributed by atoms with E-state index in [0.717, 1.165) is 35.3 Å². The van der Waals surface area contributed by atoms with E-state index in [2.05, 4.69) is 10.4 Å². The molecule has 1 atom stereocenters. The van der Waals surface area contributed by atoms with E-state index in [1.54, 1.807) is 0 Å². The van der Waals surface area contributed by atoms with Crippen molar-refractivity contribution in [2.24, 2.45) is 5.10 Å². The van der Waals surface area contributed by atoms with Crippen molar-refractivity contribution in [1.82, 2.24) is 15.2 Å². The summed E-state index contributed by atoms with van der Waals surface area (Å²) >= 11 is 0. The molecule has 0 bridgehead atoms. The molecule has 168 valence electrons. The molecule has 2 aliphatic heterocycles. The largest absolute Gasteiger partial charge is 0.487 e. The summed E-state index contributed by atoms with van der Waals surface area (Å²) in [6, 6.07) is 3.71. The number of carbonyl (C=O) groups excluding carboxylic acids is 2. The molecule has 2 aromatic carbocycles. The van der Waals surface area contributed by atoms with Crippen molar-refractivity contribution in [2.75, 3.05) is 20.1 Å². The normalized spacial score (nSPS) is 18.0. The van der Waals surface area contributed by atoms with Crippen molar-refractivity contribution >= 4 is 18.2 Å². The molecule has 1 N–H and O–H groups in total. The molecule has 1 saturated heterocycles. The van der Waals surface area contributed by atoms with E-state index in [1.807, 2.05) is 0 Å². The van der Waals surface area contributed by atoms with Gasteiger partial charge in [-0.2, -0.15) is 5.10 Å². The minimum Gasteiger partial charge on any atom is -0.487 e. The highest BCUT2D eigenvalue weighted by atomic mass is 19.1. The molecule has 0 spiro atoms. The van der Waals surface area contributed by atoms with Crippen molar-refractivity contribution in [3.05, 3.63) is 64.7 Å². The molecule has 4 rings (SSSR count). The Balaban J connectivity index is 1.39. The van der Waals surface area contributed by atoms with Crippen LogP contribution in [0, 0.1) is 23.3 Å². The second-order valence-electron chi connectivity index (χ2n) is 7.37. The molecule has 2 aromatic rings. The number of carbonyl (C=O) groups is 2. The molecule has 2 heterocycles. The van der Waals surface area contributed by atoms with Gasteiger partial charge in [0, 0.05) is 37.9 Å². The molecule has 7 nitrogen and oxygen atoms in total. The second-order valence-corrected chi connectivity index (χ2v) is 7.37. The van der Waals surface area contributed by atoms with Crippen LogP contribution in [0.15, 0.2) is 35.4 Å². The van der Waals surface area contributed by atoms with E-state index in [4.69, 9.17) is 4.74 Å². The van der Waals surface area contributed by atoms with Gasteiger partial charge in [-0.05, 0) is 17.7 Å². The lowest BCUT2D eigenvalue weighted by atomic mass is 10.0. The lowest BCUT2D eigenvalue weighted by molar-refractivity contribution is 0.0273. The van der Waals surface area contributed by atoms with Gasteiger partial charge in [0.25, 0.3) is 5.91 Å². The predicted molar refractivity (Wildman–Crippen MR) is 105 cm³/mol. The zero-order chi connectivity index (χ0) is 23.0. The Bertz CT molecular complexity index is 1060. The summed E-state index contributed by atoms with van der Waals surface area (Å²) in [4.78, 5) is 25.7. The first-order valence-electron chi connectivity index (χ1n) is 9.71. The van der Waals surface area contributed by atoms with Crippen molar-refractivity contribution in [1.29, 1.82) is 0 Å². The number of urea groups is 1. The number of likely N-dealkylation sites (tertiary alicyclic amines) is 1. The lowest BCUT2D eigenvalue weighted by Crippen LogP contribution is -2.58. The Labute approximate surface area is 180 Å². The fraction of sp³-hybridized carbons (Fsp3) is 0.286. The Morgan fingerprint density at radius 3 is 2.25 bits per heavy atom. The highest BCUT2D eigenvalue weighted by Crippen LogP contribution is 2.32. The van der Waals surface area contributed by atoms with E-state index in [1.165, 1.54) is 18.2 Å². The number of nitrogens with zero attached hydrogens (tertiary/aromatic N) is 3. The van der Waals surface area contributed by atoms with E-state index in [0.29, 0.717) is 6.42 Å². The molecule has 32 heavy (non-hydrogen) atoms. The van der Waals surface area contributed by atoms with Crippen LogP contribution in [0.1, 0.15) is 28.4 Å². The molecular formula is C21H18F4N4O3. The van der Waals surface area contributed by atoms with Gasteiger partial charge in [0.1, 0.15) is 40.7 Å². The third kappa shape index (κ3) is 4.10. The monoisotopic (exact) mass is 450 g/mol. The molecule has 0 aliphatic carbocycles. The molecule has 1 unspecified atom stereocenters. The molecular weight excluding hydrogens is 432 g/mol. The number of hydrogen-bond donors (Lipinski definition) is 1. The number of ether oxygens (including phenoxy) is 1. The summed E-state index contributed by atoms with van der Waals surface area (Å²) in [6.45, 7) is 0.241. The predicted octanol–water partition coefficient (Wildman–Crippen LogP) is 3.22. The van der Waals surface area contributed by atoms with Gasteiger partial charge in [0.15, 0.2) is 0 Å². The third-order valence-electron chi connectivity index (χ3n) is 5.19. The van der Waals surface area contributed by atoms with Crippen molar-refractivity contribution in [3.63, 3.8) is 0 Å². The molecule has 1 fully saturated rings. The van der Waals surface area contributed by atoms with Crippen molar-refractivity contribution < 1.29 is 31.9 Å². The van der Waals surface area contributed by atoms with Gasteiger partial charge in [-0.3, -0.25) is 4.79 Å². The SMILES string of the molecule is CNC(=O)c1c(F)cc(OC2CN(C(=O)N3N=CCC3c3cc(F)cc(F)c3)C2)cc1F.